The van der Waals surface area contributed by atoms with Crippen LogP contribution in [0.25, 0.3) is 5.95 Å². The second-order valence-corrected chi connectivity index (χ2v) is 5.06. The average molecular weight is 295 g/mol. The third kappa shape index (κ3) is 3.23. The van der Waals surface area contributed by atoms with Gasteiger partial charge in [0.05, 0.1) is 0 Å². The van der Waals surface area contributed by atoms with Crippen LogP contribution in [0.5, 0.6) is 6.01 Å². The molecule has 0 spiro atoms. The molecule has 1 aliphatic carbocycles. The summed E-state index contributed by atoms with van der Waals surface area (Å²) < 4.78 is 7.20. The number of hydrogen-bond donors (Lipinski definition) is 0. The van der Waals surface area contributed by atoms with Crippen LogP contribution in [-0.4, -0.2) is 55.6 Å². The number of rotatable bonds is 6. The van der Waals surface area contributed by atoms with Crippen molar-refractivity contribution in [3.63, 3.8) is 0 Å². The molecule has 106 valence electrons. The first-order chi connectivity index (χ1) is 9.72. The Balaban J connectivity index is 1.63. The predicted molar refractivity (Wildman–Crippen MR) is 73.1 cm³/mol. The Kier molecular flexibility index (Phi) is 3.79. The first kappa shape index (κ1) is 13.3. The molecule has 0 bridgehead atoms. The maximum atomic E-state index is 5.88. The maximum absolute atomic E-state index is 5.88. The van der Waals surface area contributed by atoms with Gasteiger partial charge in [-0.25, -0.2) is 4.98 Å². The lowest BCUT2D eigenvalue weighted by Crippen LogP contribution is -2.26. The van der Waals surface area contributed by atoms with Crippen molar-refractivity contribution in [2.24, 2.45) is 0 Å². The lowest BCUT2D eigenvalue weighted by Gasteiger charge is -2.15. The lowest BCUT2D eigenvalue weighted by atomic mass is 10.5. The van der Waals surface area contributed by atoms with Gasteiger partial charge in [-0.2, -0.15) is 15.0 Å². The lowest BCUT2D eigenvalue weighted by molar-refractivity contribution is 0.219. The van der Waals surface area contributed by atoms with Crippen molar-refractivity contribution in [1.29, 1.82) is 0 Å². The fourth-order valence-electron chi connectivity index (χ4n) is 1.86. The molecular weight excluding hydrogens is 280 g/mol. The molecule has 0 aliphatic heterocycles. The van der Waals surface area contributed by atoms with Gasteiger partial charge in [-0.15, -0.1) is 0 Å². The molecule has 2 aromatic heterocycles. The number of aromatic nitrogens is 5. The van der Waals surface area contributed by atoms with Gasteiger partial charge in [0.1, 0.15) is 12.9 Å². The quantitative estimate of drug-likeness (QED) is 0.797. The van der Waals surface area contributed by atoms with Crippen molar-refractivity contribution >= 4 is 11.6 Å². The number of imidazole rings is 1. The van der Waals surface area contributed by atoms with Crippen LogP contribution in [0.2, 0.25) is 5.28 Å². The molecular formula is C12H15ClN6O. The van der Waals surface area contributed by atoms with Gasteiger partial charge in [0.2, 0.25) is 11.2 Å². The zero-order valence-corrected chi connectivity index (χ0v) is 11.9. The molecule has 0 aromatic carbocycles. The molecule has 8 heteroatoms. The third-order valence-electron chi connectivity index (χ3n) is 3.16. The van der Waals surface area contributed by atoms with Crippen LogP contribution >= 0.6 is 11.6 Å². The van der Waals surface area contributed by atoms with E-state index in [9.17, 15) is 0 Å². The summed E-state index contributed by atoms with van der Waals surface area (Å²) in [5, 5.41) is 0.106. The van der Waals surface area contributed by atoms with E-state index in [2.05, 4.69) is 31.9 Å². The standard InChI is InChI=1S/C12H15ClN6O/c1-18(9-2-3-9)6-7-20-12-16-10(13)15-11(17-12)19-5-4-14-8-19/h4-5,8-9H,2-3,6-7H2,1H3. The van der Waals surface area contributed by atoms with Crippen molar-refractivity contribution in [3.05, 3.63) is 24.0 Å². The van der Waals surface area contributed by atoms with Gasteiger partial charge in [0, 0.05) is 25.0 Å². The number of halogens is 1. The molecule has 0 amide bonds. The highest BCUT2D eigenvalue weighted by molar-refractivity contribution is 6.28. The van der Waals surface area contributed by atoms with Gasteiger partial charge in [-0.05, 0) is 31.5 Å². The maximum Gasteiger partial charge on any atom is 0.322 e. The first-order valence-electron chi connectivity index (χ1n) is 6.45. The molecule has 1 aliphatic rings. The van der Waals surface area contributed by atoms with Crippen LogP contribution in [-0.2, 0) is 0 Å². The second-order valence-electron chi connectivity index (χ2n) is 4.72. The molecule has 0 radical (unpaired) electrons. The summed E-state index contributed by atoms with van der Waals surface area (Å²) in [7, 11) is 2.10. The zero-order chi connectivity index (χ0) is 13.9. The zero-order valence-electron chi connectivity index (χ0n) is 11.1. The molecule has 2 heterocycles. The van der Waals surface area contributed by atoms with Gasteiger partial charge in [0.15, 0.2) is 0 Å². The summed E-state index contributed by atoms with van der Waals surface area (Å²) in [6, 6.07) is 0.944. The highest BCUT2D eigenvalue weighted by Crippen LogP contribution is 2.24. The van der Waals surface area contributed by atoms with Crippen LogP contribution in [0.15, 0.2) is 18.7 Å². The van der Waals surface area contributed by atoms with E-state index in [-0.39, 0.29) is 11.3 Å². The van der Waals surface area contributed by atoms with Crippen LogP contribution < -0.4 is 4.74 Å². The monoisotopic (exact) mass is 294 g/mol. The fraction of sp³-hybridized carbons (Fsp3) is 0.500. The van der Waals surface area contributed by atoms with E-state index in [1.54, 1.807) is 23.3 Å². The Morgan fingerprint density at radius 3 is 2.95 bits per heavy atom. The van der Waals surface area contributed by atoms with E-state index >= 15 is 0 Å². The Bertz CT molecular complexity index is 571. The van der Waals surface area contributed by atoms with Crippen LogP contribution in [0.4, 0.5) is 0 Å². The molecule has 0 atom stereocenters. The minimum atomic E-state index is 0.106. The van der Waals surface area contributed by atoms with Gasteiger partial charge in [0.25, 0.3) is 0 Å². The van der Waals surface area contributed by atoms with Gasteiger partial charge in [-0.1, -0.05) is 0 Å². The summed E-state index contributed by atoms with van der Waals surface area (Å²) in [5.41, 5.74) is 0. The molecule has 3 rings (SSSR count). The van der Waals surface area contributed by atoms with Crippen molar-refractivity contribution in [3.8, 4) is 12.0 Å². The fourth-order valence-corrected chi connectivity index (χ4v) is 2.01. The summed E-state index contributed by atoms with van der Waals surface area (Å²) in [4.78, 5) is 18.4. The van der Waals surface area contributed by atoms with Crippen molar-refractivity contribution in [2.75, 3.05) is 20.2 Å². The Morgan fingerprint density at radius 1 is 1.40 bits per heavy atom. The number of likely N-dealkylation sites (N-methyl/N-ethyl adjacent to an activating group) is 1. The number of hydrogen-bond acceptors (Lipinski definition) is 6. The van der Waals surface area contributed by atoms with Crippen molar-refractivity contribution in [1.82, 2.24) is 29.4 Å². The molecule has 2 aromatic rings. The highest BCUT2D eigenvalue weighted by Gasteiger charge is 2.25. The van der Waals surface area contributed by atoms with Crippen molar-refractivity contribution < 1.29 is 4.74 Å². The molecule has 0 N–H and O–H groups in total. The van der Waals surface area contributed by atoms with E-state index in [4.69, 9.17) is 16.3 Å². The molecule has 1 fully saturated rings. The minimum absolute atomic E-state index is 0.106. The largest absolute Gasteiger partial charge is 0.462 e. The third-order valence-corrected chi connectivity index (χ3v) is 3.33. The van der Waals surface area contributed by atoms with E-state index in [0.29, 0.717) is 18.6 Å². The number of nitrogens with zero attached hydrogens (tertiary/aromatic N) is 6. The summed E-state index contributed by atoms with van der Waals surface area (Å²) in [6.07, 6.45) is 7.52. The number of ether oxygens (including phenoxy) is 1. The molecule has 7 nitrogen and oxygen atoms in total. The van der Waals surface area contributed by atoms with Crippen LogP contribution in [0.3, 0.4) is 0 Å². The van der Waals surface area contributed by atoms with Gasteiger partial charge >= 0.3 is 6.01 Å². The van der Waals surface area contributed by atoms with E-state index in [1.165, 1.54) is 12.8 Å². The second kappa shape index (κ2) is 5.72. The average Bonchev–Trinajstić information content (AvgIpc) is 3.13. The molecule has 1 saturated carbocycles. The normalized spacial score (nSPS) is 14.8. The molecule has 0 saturated heterocycles. The Hall–Kier alpha value is -1.73. The van der Waals surface area contributed by atoms with E-state index in [0.717, 1.165) is 6.54 Å². The topological polar surface area (TPSA) is 69.0 Å². The van der Waals surface area contributed by atoms with Crippen molar-refractivity contribution in [2.45, 2.75) is 18.9 Å². The Morgan fingerprint density at radius 2 is 2.25 bits per heavy atom. The smallest absolute Gasteiger partial charge is 0.322 e. The SMILES string of the molecule is CN(CCOc1nc(Cl)nc(-n2ccnc2)n1)C1CC1. The van der Waals surface area contributed by atoms with E-state index in [1.807, 2.05) is 0 Å². The Labute approximate surface area is 121 Å². The predicted octanol–water partition coefficient (Wildman–Crippen LogP) is 1.18. The minimum Gasteiger partial charge on any atom is -0.462 e. The summed E-state index contributed by atoms with van der Waals surface area (Å²) in [6.45, 7) is 1.37. The van der Waals surface area contributed by atoms with Crippen LogP contribution in [0.1, 0.15) is 12.8 Å². The van der Waals surface area contributed by atoms with E-state index < -0.39 is 0 Å². The molecule has 0 unspecified atom stereocenters. The van der Waals surface area contributed by atoms with Gasteiger partial charge in [-0.3, -0.25) is 4.57 Å². The summed E-state index contributed by atoms with van der Waals surface area (Å²) >= 11 is 5.88. The van der Waals surface area contributed by atoms with Gasteiger partial charge < -0.3 is 9.64 Å². The van der Waals surface area contributed by atoms with Crippen LogP contribution in [0, 0.1) is 0 Å². The first-order valence-corrected chi connectivity index (χ1v) is 6.83. The summed E-state index contributed by atoms with van der Waals surface area (Å²) in [5.74, 6) is 0.396. The molecule has 20 heavy (non-hydrogen) atoms. The highest BCUT2D eigenvalue weighted by atomic mass is 35.5.